The molecule has 0 radical (unpaired) electrons. The lowest BCUT2D eigenvalue weighted by Crippen LogP contribution is -2.30. The minimum absolute atomic E-state index is 0.675. The van der Waals surface area contributed by atoms with Crippen molar-refractivity contribution in [1.29, 1.82) is 0 Å². The predicted molar refractivity (Wildman–Crippen MR) is 79.5 cm³/mol. The summed E-state index contributed by atoms with van der Waals surface area (Å²) in [6.45, 7) is 5.64. The van der Waals surface area contributed by atoms with Gasteiger partial charge in [-0.05, 0) is 12.1 Å². The molecule has 0 bridgehead atoms. The van der Waals surface area contributed by atoms with Crippen LogP contribution in [0.5, 0.6) is 0 Å². The van der Waals surface area contributed by atoms with Gasteiger partial charge in [0.1, 0.15) is 0 Å². The molecule has 0 aromatic heterocycles. The maximum absolute atomic E-state index is 5.31. The van der Waals surface area contributed by atoms with Crippen molar-refractivity contribution in [2.24, 2.45) is 0 Å². The van der Waals surface area contributed by atoms with Gasteiger partial charge in [0, 0.05) is 0 Å². The monoisotopic (exact) mass is 302 g/mol. The van der Waals surface area contributed by atoms with Gasteiger partial charge >= 0.3 is 0 Å². The molecular weight excluding hydrogens is 284 g/mol. The van der Waals surface area contributed by atoms with Gasteiger partial charge in [0.05, 0.1) is 0 Å². The van der Waals surface area contributed by atoms with Crippen LogP contribution in [-0.4, -0.2) is 39.3 Å². The van der Waals surface area contributed by atoms with Crippen LogP contribution in [0, 0.1) is 0 Å². The van der Waals surface area contributed by atoms with Crippen LogP contribution in [0.25, 0.3) is 6.08 Å². The van der Waals surface area contributed by atoms with E-state index in [0.717, 1.165) is 0 Å². The Balaban J connectivity index is 0.000000171. The average Bonchev–Trinajstić information content (AvgIpc) is 2.36. The molecule has 17 heavy (non-hydrogen) atoms. The highest BCUT2D eigenvalue weighted by molar-refractivity contribution is 6.59. The van der Waals surface area contributed by atoms with Crippen molar-refractivity contribution in [3.8, 4) is 0 Å². The summed E-state index contributed by atoms with van der Waals surface area (Å²) < 4.78 is 20.9. The van der Waals surface area contributed by atoms with Gasteiger partial charge in [0.15, 0.2) is 0 Å². The molecular formula is C9H18O4Si4. The van der Waals surface area contributed by atoms with E-state index in [4.69, 9.17) is 16.5 Å². The third-order valence-electron chi connectivity index (χ3n) is 1.97. The molecule has 0 aliphatic carbocycles. The molecule has 1 saturated heterocycles. The first-order valence-corrected chi connectivity index (χ1v) is 11.0. The summed E-state index contributed by atoms with van der Waals surface area (Å²) in [5, 5.41) is 0. The first-order chi connectivity index (χ1) is 8.33. The van der Waals surface area contributed by atoms with Gasteiger partial charge in [-0.1, -0.05) is 43.0 Å². The molecule has 1 fully saturated rings. The van der Waals surface area contributed by atoms with Gasteiger partial charge in [-0.25, -0.2) is 0 Å². The molecule has 1 aromatic carbocycles. The first kappa shape index (κ1) is 14.7. The maximum Gasteiger partial charge on any atom is 0.299 e. The number of rotatable bonds is 1. The summed E-state index contributed by atoms with van der Waals surface area (Å²) in [6, 6.07) is 10.0. The van der Waals surface area contributed by atoms with E-state index in [9.17, 15) is 0 Å². The van der Waals surface area contributed by atoms with Crippen LogP contribution >= 0.6 is 0 Å². The quantitative estimate of drug-likeness (QED) is 0.639. The van der Waals surface area contributed by atoms with Crippen molar-refractivity contribution in [3.05, 3.63) is 42.5 Å². The van der Waals surface area contributed by atoms with E-state index < -0.39 is 39.3 Å². The van der Waals surface area contributed by atoms with E-state index in [-0.39, 0.29) is 0 Å². The van der Waals surface area contributed by atoms with Gasteiger partial charge in [0.25, 0.3) is 39.3 Å². The molecule has 1 aliphatic heterocycles. The molecule has 4 nitrogen and oxygen atoms in total. The highest BCUT2D eigenvalue weighted by Gasteiger charge is 2.08. The Bertz CT molecular complexity index is 303. The lowest BCUT2D eigenvalue weighted by atomic mass is 10.2. The summed E-state index contributed by atoms with van der Waals surface area (Å²) in [6.07, 6.45) is 1.83. The highest BCUT2D eigenvalue weighted by Crippen LogP contribution is 1.97. The molecule has 8 heteroatoms. The van der Waals surface area contributed by atoms with E-state index in [2.05, 4.69) is 6.58 Å². The fourth-order valence-corrected chi connectivity index (χ4v) is 8.41. The fourth-order valence-electron chi connectivity index (χ4n) is 1.05. The molecule has 0 atom stereocenters. The normalized spacial score (nSPS) is 24.6. The van der Waals surface area contributed by atoms with Gasteiger partial charge in [-0.15, -0.1) is 0 Å². The standard InChI is InChI=1S/C8H8.CH10O4Si4/c1-2-8-6-4-3-5-7-8;1-9-4-7-2-6-3-8-5-9/h2-7H,1H2;9H,6-8H2,1H3. The molecule has 0 saturated carbocycles. The van der Waals surface area contributed by atoms with E-state index in [1.165, 1.54) is 5.56 Å². The zero-order chi connectivity index (χ0) is 12.3. The zero-order valence-corrected chi connectivity index (χ0v) is 15.4. The summed E-state index contributed by atoms with van der Waals surface area (Å²) >= 11 is 0. The van der Waals surface area contributed by atoms with Crippen LogP contribution < -0.4 is 0 Å². The molecule has 1 aliphatic rings. The molecule has 1 aromatic rings. The Hall–Kier alpha value is -0.332. The van der Waals surface area contributed by atoms with Crippen LogP contribution in [0.2, 0.25) is 6.55 Å². The smallest absolute Gasteiger partial charge is 0.299 e. The minimum atomic E-state index is -1.27. The van der Waals surface area contributed by atoms with Crippen LogP contribution in [-0.2, 0) is 16.5 Å². The second-order valence-corrected chi connectivity index (χ2v) is 11.1. The number of benzene rings is 1. The van der Waals surface area contributed by atoms with E-state index in [1.807, 2.05) is 43.0 Å². The van der Waals surface area contributed by atoms with Crippen molar-refractivity contribution in [2.75, 3.05) is 0 Å². The second kappa shape index (κ2) is 9.67. The predicted octanol–water partition coefficient (Wildman–Crippen LogP) is -0.757. The third kappa shape index (κ3) is 7.57. The first-order valence-electron chi connectivity index (χ1n) is 5.39. The zero-order valence-electron chi connectivity index (χ0n) is 10.0. The lowest BCUT2D eigenvalue weighted by molar-refractivity contribution is 0.333. The van der Waals surface area contributed by atoms with Crippen LogP contribution in [0.1, 0.15) is 5.56 Å². The topological polar surface area (TPSA) is 36.9 Å². The summed E-state index contributed by atoms with van der Waals surface area (Å²) in [5.74, 6) is 0. The second-order valence-electron chi connectivity index (χ2n) is 3.28. The fraction of sp³-hybridized carbons (Fsp3) is 0.111. The molecule has 1 heterocycles. The Morgan fingerprint density at radius 2 is 1.65 bits per heavy atom. The molecule has 0 amide bonds. The van der Waals surface area contributed by atoms with Crippen molar-refractivity contribution >= 4 is 45.4 Å². The van der Waals surface area contributed by atoms with Gasteiger partial charge in [-0.2, -0.15) is 0 Å². The Morgan fingerprint density at radius 1 is 1.06 bits per heavy atom. The molecule has 0 unspecified atom stereocenters. The lowest BCUT2D eigenvalue weighted by Gasteiger charge is -2.16. The summed E-state index contributed by atoms with van der Waals surface area (Å²) in [5.41, 5.74) is 1.17. The van der Waals surface area contributed by atoms with Gasteiger partial charge < -0.3 is 16.5 Å². The summed E-state index contributed by atoms with van der Waals surface area (Å²) in [4.78, 5) is 0. The maximum atomic E-state index is 5.31. The highest BCUT2D eigenvalue weighted by atomic mass is 28.4. The molecule has 2 rings (SSSR count). The van der Waals surface area contributed by atoms with E-state index >= 15 is 0 Å². The van der Waals surface area contributed by atoms with Gasteiger partial charge in [-0.3, -0.25) is 0 Å². The van der Waals surface area contributed by atoms with Crippen LogP contribution in [0.4, 0.5) is 0 Å². The molecule has 0 spiro atoms. The van der Waals surface area contributed by atoms with Gasteiger partial charge in [0.2, 0.25) is 0 Å². The van der Waals surface area contributed by atoms with Crippen molar-refractivity contribution < 1.29 is 16.5 Å². The Morgan fingerprint density at radius 3 is 2.12 bits per heavy atom. The third-order valence-corrected chi connectivity index (χ3v) is 9.48. The SMILES string of the molecule is C=Cc1ccccc1.C[SiH]1O[SiH2]O[SiH2]O[SiH2]O1. The average molecular weight is 303 g/mol. The van der Waals surface area contributed by atoms with Crippen molar-refractivity contribution in [2.45, 2.75) is 6.55 Å². The van der Waals surface area contributed by atoms with Crippen molar-refractivity contribution in [3.63, 3.8) is 0 Å². The van der Waals surface area contributed by atoms with Crippen molar-refractivity contribution in [1.82, 2.24) is 0 Å². The molecule has 0 N–H and O–H groups in total. The van der Waals surface area contributed by atoms with E-state index in [0.29, 0.717) is 0 Å². The minimum Gasteiger partial charge on any atom is -0.425 e. The van der Waals surface area contributed by atoms with E-state index in [1.54, 1.807) is 0 Å². The Labute approximate surface area is 111 Å². The van der Waals surface area contributed by atoms with Crippen LogP contribution in [0.15, 0.2) is 36.9 Å². The number of hydrogen-bond acceptors (Lipinski definition) is 4. The Kier molecular flexibility index (Phi) is 8.38. The largest absolute Gasteiger partial charge is 0.425 e. The summed E-state index contributed by atoms with van der Waals surface area (Å²) in [7, 11) is -3.35. The number of hydrogen-bond donors (Lipinski definition) is 0. The van der Waals surface area contributed by atoms with Crippen LogP contribution in [0.3, 0.4) is 0 Å². The molecule has 94 valence electrons.